The van der Waals surface area contributed by atoms with E-state index in [9.17, 15) is 4.79 Å². The fraction of sp³-hybridized carbons (Fsp3) is 0.444. The Bertz CT molecular complexity index is 637. The van der Waals surface area contributed by atoms with Crippen LogP contribution in [-0.2, 0) is 6.54 Å². The van der Waals surface area contributed by atoms with Gasteiger partial charge in [-0.1, -0.05) is 30.3 Å². The lowest BCUT2D eigenvalue weighted by Gasteiger charge is -2.32. The van der Waals surface area contributed by atoms with E-state index in [1.807, 2.05) is 6.92 Å². The van der Waals surface area contributed by atoms with Gasteiger partial charge in [-0.2, -0.15) is 5.10 Å². The highest BCUT2D eigenvalue weighted by atomic mass is 16.1. The van der Waals surface area contributed by atoms with Crippen molar-refractivity contribution in [3.05, 3.63) is 53.3 Å². The van der Waals surface area contributed by atoms with Crippen LogP contribution in [0.25, 0.3) is 0 Å². The van der Waals surface area contributed by atoms with Gasteiger partial charge in [0.05, 0.1) is 0 Å². The lowest BCUT2D eigenvalue weighted by molar-refractivity contribution is 0.0925. The topological polar surface area (TPSA) is 61.0 Å². The summed E-state index contributed by atoms with van der Waals surface area (Å²) in [4.78, 5) is 14.5. The third-order valence-corrected chi connectivity index (χ3v) is 4.34. The first-order valence-corrected chi connectivity index (χ1v) is 8.27. The standard InChI is InChI=1S/C18H24N4O/c1-14-10-17(21-20-14)18(23)19-11-16-8-5-9-22(13-16)12-15-6-3-2-4-7-15/h2-4,6-7,10,16H,5,8-9,11-13H2,1H3,(H,19,23)(H,20,21). The molecule has 1 fully saturated rings. The van der Waals surface area contributed by atoms with Crippen LogP contribution in [0.1, 0.15) is 34.6 Å². The van der Waals surface area contributed by atoms with Crippen molar-refractivity contribution in [2.45, 2.75) is 26.3 Å². The van der Waals surface area contributed by atoms with Crippen molar-refractivity contribution in [3.63, 3.8) is 0 Å². The van der Waals surface area contributed by atoms with Crippen LogP contribution in [0.2, 0.25) is 0 Å². The second-order valence-electron chi connectivity index (χ2n) is 6.38. The molecule has 2 N–H and O–H groups in total. The first-order valence-electron chi connectivity index (χ1n) is 8.27. The molecule has 0 spiro atoms. The molecule has 1 saturated heterocycles. The van der Waals surface area contributed by atoms with Gasteiger partial charge >= 0.3 is 0 Å². The summed E-state index contributed by atoms with van der Waals surface area (Å²) in [6.45, 7) is 5.78. The fourth-order valence-electron chi connectivity index (χ4n) is 3.17. The molecule has 3 rings (SSSR count). The summed E-state index contributed by atoms with van der Waals surface area (Å²) in [5.74, 6) is 0.422. The van der Waals surface area contributed by atoms with E-state index < -0.39 is 0 Å². The van der Waals surface area contributed by atoms with E-state index in [1.165, 1.54) is 18.4 Å². The van der Waals surface area contributed by atoms with Crippen molar-refractivity contribution in [1.29, 1.82) is 0 Å². The Hall–Kier alpha value is -2.14. The number of H-pyrrole nitrogens is 1. The molecule has 23 heavy (non-hydrogen) atoms. The third-order valence-electron chi connectivity index (χ3n) is 4.34. The predicted octanol–water partition coefficient (Wildman–Crippen LogP) is 2.36. The number of nitrogens with one attached hydrogen (secondary N) is 2. The number of aryl methyl sites for hydroxylation is 1. The molecule has 0 radical (unpaired) electrons. The SMILES string of the molecule is Cc1cc(C(=O)NCC2CCCN(Cc3ccccc3)C2)n[nH]1. The average molecular weight is 312 g/mol. The summed E-state index contributed by atoms with van der Waals surface area (Å²) in [5, 5.41) is 9.82. The van der Waals surface area contributed by atoms with Gasteiger partial charge in [0.25, 0.3) is 5.91 Å². The van der Waals surface area contributed by atoms with Gasteiger partial charge in [0.1, 0.15) is 5.69 Å². The lowest BCUT2D eigenvalue weighted by atomic mass is 9.97. The summed E-state index contributed by atoms with van der Waals surface area (Å²) in [6.07, 6.45) is 2.36. The van der Waals surface area contributed by atoms with Crippen molar-refractivity contribution in [1.82, 2.24) is 20.4 Å². The molecule has 1 amide bonds. The second kappa shape index (κ2) is 7.42. The molecule has 2 aromatic rings. The molecule has 5 heteroatoms. The van der Waals surface area contributed by atoms with Gasteiger partial charge in [-0.05, 0) is 43.9 Å². The first kappa shape index (κ1) is 15.7. The van der Waals surface area contributed by atoms with E-state index in [0.29, 0.717) is 11.6 Å². The number of likely N-dealkylation sites (tertiary alicyclic amines) is 1. The molecule has 1 aliphatic heterocycles. The van der Waals surface area contributed by atoms with Crippen molar-refractivity contribution in [3.8, 4) is 0 Å². The van der Waals surface area contributed by atoms with Crippen LogP contribution < -0.4 is 5.32 Å². The predicted molar refractivity (Wildman–Crippen MR) is 90.1 cm³/mol. The number of piperidine rings is 1. The number of nitrogens with zero attached hydrogens (tertiary/aromatic N) is 2. The summed E-state index contributed by atoms with van der Waals surface area (Å²) in [6, 6.07) is 12.3. The van der Waals surface area contributed by atoms with Crippen molar-refractivity contribution in [2.24, 2.45) is 5.92 Å². The number of benzene rings is 1. The van der Waals surface area contributed by atoms with Crippen LogP contribution in [0.3, 0.4) is 0 Å². The Balaban J connectivity index is 1.48. The van der Waals surface area contributed by atoms with E-state index in [0.717, 1.165) is 31.9 Å². The van der Waals surface area contributed by atoms with Gasteiger partial charge in [-0.3, -0.25) is 14.8 Å². The van der Waals surface area contributed by atoms with E-state index in [1.54, 1.807) is 6.07 Å². The molecule has 1 aromatic carbocycles. The molecule has 1 atom stereocenters. The van der Waals surface area contributed by atoms with Crippen molar-refractivity contribution < 1.29 is 4.79 Å². The fourth-order valence-corrected chi connectivity index (χ4v) is 3.17. The number of hydrogen-bond acceptors (Lipinski definition) is 3. The lowest BCUT2D eigenvalue weighted by Crippen LogP contribution is -2.40. The van der Waals surface area contributed by atoms with Crippen molar-refractivity contribution in [2.75, 3.05) is 19.6 Å². The maximum absolute atomic E-state index is 12.1. The monoisotopic (exact) mass is 312 g/mol. The zero-order valence-corrected chi connectivity index (χ0v) is 13.6. The van der Waals surface area contributed by atoms with Crippen LogP contribution >= 0.6 is 0 Å². The Morgan fingerprint density at radius 2 is 2.22 bits per heavy atom. The molecule has 0 bridgehead atoms. The van der Waals surface area contributed by atoms with Crippen LogP contribution in [0.4, 0.5) is 0 Å². The molecular formula is C18H24N4O. The third kappa shape index (κ3) is 4.42. The Labute approximate surface area is 137 Å². The average Bonchev–Trinajstić information content (AvgIpc) is 3.01. The molecule has 5 nitrogen and oxygen atoms in total. The number of aromatic amines is 1. The smallest absolute Gasteiger partial charge is 0.271 e. The normalized spacial score (nSPS) is 18.7. The Kier molecular flexibility index (Phi) is 5.08. The van der Waals surface area contributed by atoms with Crippen LogP contribution in [0.5, 0.6) is 0 Å². The molecule has 1 aromatic heterocycles. The summed E-state index contributed by atoms with van der Waals surface area (Å²) < 4.78 is 0. The second-order valence-corrected chi connectivity index (χ2v) is 6.38. The van der Waals surface area contributed by atoms with Gasteiger partial charge in [0.15, 0.2) is 0 Å². The Morgan fingerprint density at radius 3 is 2.96 bits per heavy atom. The van der Waals surface area contributed by atoms with Crippen LogP contribution in [-0.4, -0.2) is 40.6 Å². The number of amides is 1. The van der Waals surface area contributed by atoms with Gasteiger partial charge in [-0.15, -0.1) is 0 Å². The van der Waals surface area contributed by atoms with Crippen molar-refractivity contribution >= 4 is 5.91 Å². The van der Waals surface area contributed by atoms with E-state index in [-0.39, 0.29) is 5.91 Å². The molecular weight excluding hydrogens is 288 g/mol. The minimum atomic E-state index is -0.0884. The highest BCUT2D eigenvalue weighted by Crippen LogP contribution is 2.18. The molecule has 0 aliphatic carbocycles. The van der Waals surface area contributed by atoms with Gasteiger partial charge in [0, 0.05) is 25.3 Å². The number of hydrogen-bond donors (Lipinski definition) is 2. The van der Waals surface area contributed by atoms with Crippen LogP contribution in [0.15, 0.2) is 36.4 Å². The summed E-state index contributed by atoms with van der Waals surface area (Å²) in [7, 11) is 0. The summed E-state index contributed by atoms with van der Waals surface area (Å²) in [5.41, 5.74) is 2.73. The number of carbonyl (C=O) groups is 1. The number of carbonyl (C=O) groups excluding carboxylic acids is 1. The van der Waals surface area contributed by atoms with Gasteiger partial charge < -0.3 is 5.32 Å². The maximum Gasteiger partial charge on any atom is 0.271 e. The van der Waals surface area contributed by atoms with E-state index >= 15 is 0 Å². The number of aromatic nitrogens is 2. The Morgan fingerprint density at radius 1 is 1.39 bits per heavy atom. The molecule has 2 heterocycles. The largest absolute Gasteiger partial charge is 0.350 e. The zero-order chi connectivity index (χ0) is 16.1. The quantitative estimate of drug-likeness (QED) is 0.891. The first-order chi connectivity index (χ1) is 11.2. The van der Waals surface area contributed by atoms with E-state index in [4.69, 9.17) is 0 Å². The van der Waals surface area contributed by atoms with Crippen LogP contribution in [0, 0.1) is 12.8 Å². The maximum atomic E-state index is 12.1. The molecule has 0 saturated carbocycles. The zero-order valence-electron chi connectivity index (χ0n) is 13.6. The highest BCUT2D eigenvalue weighted by Gasteiger charge is 2.21. The molecule has 1 aliphatic rings. The summed E-state index contributed by atoms with van der Waals surface area (Å²) >= 11 is 0. The van der Waals surface area contributed by atoms with Gasteiger partial charge in [0.2, 0.25) is 0 Å². The number of rotatable bonds is 5. The molecule has 122 valence electrons. The van der Waals surface area contributed by atoms with E-state index in [2.05, 4.69) is 50.7 Å². The highest BCUT2D eigenvalue weighted by molar-refractivity contribution is 5.92. The molecule has 1 unspecified atom stereocenters. The minimum Gasteiger partial charge on any atom is -0.350 e. The van der Waals surface area contributed by atoms with Gasteiger partial charge in [-0.25, -0.2) is 0 Å². The minimum absolute atomic E-state index is 0.0884.